The number of carbonyl (C=O) groups excluding carboxylic acids is 2. The van der Waals surface area contributed by atoms with Crippen LogP contribution < -0.4 is 5.32 Å². The van der Waals surface area contributed by atoms with Gasteiger partial charge in [-0.1, -0.05) is 44.7 Å². The van der Waals surface area contributed by atoms with Crippen LogP contribution in [-0.4, -0.2) is 78.8 Å². The summed E-state index contributed by atoms with van der Waals surface area (Å²) in [5.74, 6) is -0.0916. The third-order valence-corrected chi connectivity index (χ3v) is 8.68. The predicted molar refractivity (Wildman–Crippen MR) is 140 cm³/mol. The Hall–Kier alpha value is -2.78. The largest absolute Gasteiger partial charge is 0.390 e. The van der Waals surface area contributed by atoms with Gasteiger partial charge in [0.2, 0.25) is 11.8 Å². The van der Waals surface area contributed by atoms with Crippen molar-refractivity contribution in [1.82, 2.24) is 29.9 Å². The van der Waals surface area contributed by atoms with Gasteiger partial charge in [-0.25, -0.2) is 9.67 Å². The third kappa shape index (κ3) is 5.29. The van der Waals surface area contributed by atoms with Gasteiger partial charge in [-0.3, -0.25) is 14.5 Å². The first-order valence-corrected chi connectivity index (χ1v) is 14.0. The van der Waals surface area contributed by atoms with Crippen molar-refractivity contribution in [3.05, 3.63) is 42.5 Å². The number of carbonyl (C=O) groups is 2. The zero-order valence-corrected chi connectivity index (χ0v) is 21.9. The lowest BCUT2D eigenvalue weighted by atomic mass is 9.78. The molecule has 1 spiro atoms. The van der Waals surface area contributed by atoms with Crippen molar-refractivity contribution in [1.29, 1.82) is 0 Å². The average Bonchev–Trinajstić information content (AvgIpc) is 3.48. The first-order chi connectivity index (χ1) is 18.0. The fourth-order valence-corrected chi connectivity index (χ4v) is 6.39. The summed E-state index contributed by atoms with van der Waals surface area (Å²) >= 11 is 0. The van der Waals surface area contributed by atoms with E-state index < -0.39 is 17.7 Å². The second-order valence-corrected chi connectivity index (χ2v) is 11.0. The van der Waals surface area contributed by atoms with Gasteiger partial charge in [0.25, 0.3) is 0 Å². The number of aliphatic hydroxyl groups is 1. The molecular weight excluding hydrogens is 468 g/mol. The molecule has 2 aromatic rings. The summed E-state index contributed by atoms with van der Waals surface area (Å²) in [5, 5.41) is 18.3. The number of hydrogen-bond acceptors (Lipinski definition) is 6. The fraction of sp³-hybridized carbons (Fsp3) is 0.643. The van der Waals surface area contributed by atoms with E-state index in [1.54, 1.807) is 11.0 Å². The van der Waals surface area contributed by atoms with Crippen LogP contribution in [-0.2, 0) is 16.1 Å². The summed E-state index contributed by atoms with van der Waals surface area (Å²) in [7, 11) is 0. The monoisotopic (exact) mass is 508 g/mol. The first-order valence-electron chi connectivity index (χ1n) is 14.0. The Kier molecular flexibility index (Phi) is 7.90. The number of rotatable bonds is 8. The van der Waals surface area contributed by atoms with Crippen molar-refractivity contribution in [3.63, 3.8) is 0 Å². The van der Waals surface area contributed by atoms with Gasteiger partial charge in [0, 0.05) is 26.2 Å². The molecule has 2 atom stereocenters. The van der Waals surface area contributed by atoms with Crippen LogP contribution in [0.3, 0.4) is 0 Å². The van der Waals surface area contributed by atoms with Crippen LogP contribution >= 0.6 is 0 Å². The molecule has 0 bridgehead atoms. The highest BCUT2D eigenvalue weighted by Crippen LogP contribution is 2.36. The maximum Gasteiger partial charge on any atom is 0.248 e. The Morgan fingerprint density at radius 2 is 1.84 bits per heavy atom. The molecule has 2 N–H and O–H groups in total. The van der Waals surface area contributed by atoms with E-state index >= 15 is 0 Å². The molecule has 1 aromatic heterocycles. The summed E-state index contributed by atoms with van der Waals surface area (Å²) in [4.78, 5) is 35.6. The van der Waals surface area contributed by atoms with Gasteiger partial charge in [0.05, 0.1) is 11.8 Å². The van der Waals surface area contributed by atoms with Crippen molar-refractivity contribution < 1.29 is 14.7 Å². The van der Waals surface area contributed by atoms with E-state index in [-0.39, 0.29) is 17.7 Å². The highest BCUT2D eigenvalue weighted by Gasteiger charge is 2.55. The summed E-state index contributed by atoms with van der Waals surface area (Å²) in [5.41, 5.74) is 1.35. The number of aliphatic hydroxyl groups excluding tert-OH is 1. The van der Waals surface area contributed by atoms with Gasteiger partial charge in [0.15, 0.2) is 0 Å². The molecule has 0 unspecified atom stereocenters. The fourth-order valence-electron chi connectivity index (χ4n) is 6.39. The number of hydrogen-bond donors (Lipinski definition) is 2. The van der Waals surface area contributed by atoms with Gasteiger partial charge < -0.3 is 15.3 Å². The van der Waals surface area contributed by atoms with Crippen LogP contribution in [0.2, 0.25) is 0 Å². The number of nitrogens with one attached hydrogen (secondary N) is 1. The Morgan fingerprint density at radius 1 is 1.11 bits per heavy atom. The van der Waals surface area contributed by atoms with Crippen molar-refractivity contribution >= 4 is 11.8 Å². The number of piperidine rings is 1. The van der Waals surface area contributed by atoms with Gasteiger partial charge in [-0.05, 0) is 55.7 Å². The van der Waals surface area contributed by atoms with Crippen LogP contribution in [0.5, 0.6) is 0 Å². The third-order valence-electron chi connectivity index (χ3n) is 8.68. The number of piperazine rings is 1. The quantitative estimate of drug-likeness (QED) is 0.568. The Labute approximate surface area is 219 Å². The topological polar surface area (TPSA) is 104 Å². The Balaban J connectivity index is 1.25. The van der Waals surface area contributed by atoms with Crippen molar-refractivity contribution in [2.45, 2.75) is 88.9 Å². The second kappa shape index (κ2) is 11.3. The van der Waals surface area contributed by atoms with E-state index in [1.165, 1.54) is 18.3 Å². The van der Waals surface area contributed by atoms with Crippen LogP contribution in [0.25, 0.3) is 5.69 Å². The summed E-state index contributed by atoms with van der Waals surface area (Å²) in [6, 6.07) is 7.45. The zero-order chi connectivity index (χ0) is 25.8. The minimum Gasteiger partial charge on any atom is -0.390 e. The number of benzene rings is 1. The van der Waals surface area contributed by atoms with Crippen LogP contribution in [0, 0.1) is 5.92 Å². The van der Waals surface area contributed by atoms with Gasteiger partial charge in [0.1, 0.15) is 24.2 Å². The second-order valence-electron chi connectivity index (χ2n) is 11.0. The van der Waals surface area contributed by atoms with Crippen LogP contribution in [0.15, 0.2) is 36.9 Å². The average molecular weight is 509 g/mol. The lowest BCUT2D eigenvalue weighted by Gasteiger charge is -2.52. The molecule has 200 valence electrons. The molecule has 1 aliphatic carbocycles. The number of likely N-dealkylation sites (tertiary alicyclic amines) is 1. The molecule has 3 aliphatic rings. The lowest BCUT2D eigenvalue weighted by molar-refractivity contribution is -0.166. The highest BCUT2D eigenvalue weighted by molar-refractivity contribution is 6.00. The van der Waals surface area contributed by atoms with Crippen LogP contribution in [0.4, 0.5) is 0 Å². The smallest absolute Gasteiger partial charge is 0.248 e. The lowest BCUT2D eigenvalue weighted by Crippen LogP contribution is -2.75. The van der Waals surface area contributed by atoms with Crippen molar-refractivity contribution in [2.75, 3.05) is 19.6 Å². The van der Waals surface area contributed by atoms with E-state index in [9.17, 15) is 14.7 Å². The summed E-state index contributed by atoms with van der Waals surface area (Å²) < 4.78 is 1.73. The van der Waals surface area contributed by atoms with Crippen LogP contribution in [0.1, 0.15) is 70.3 Å². The molecule has 9 heteroatoms. The number of amides is 2. The number of aromatic nitrogens is 3. The standard InChI is InChI=1S/C28H40N6O3/c1-2-3-15-33-26(36)24(25(35)22-7-5-4-6-8-22)31-27(37)28(33)13-16-32(17-14-28)18-21-9-11-23(12-10-21)34-20-29-19-30-34/h9-12,19-20,22,24-25,35H,2-8,13-18H2,1H3,(H,31,37)/t24-,25-/m1/s1. The maximum atomic E-state index is 13.8. The van der Waals surface area contributed by atoms with E-state index in [0.29, 0.717) is 19.4 Å². The summed E-state index contributed by atoms with van der Waals surface area (Å²) in [6.07, 6.45) is 10.6. The molecule has 2 aliphatic heterocycles. The van der Waals surface area contributed by atoms with Crippen molar-refractivity contribution in [2.24, 2.45) is 5.92 Å². The zero-order valence-electron chi connectivity index (χ0n) is 21.9. The van der Waals surface area contributed by atoms with E-state index in [0.717, 1.165) is 63.8 Å². The molecule has 0 radical (unpaired) electrons. The maximum absolute atomic E-state index is 13.8. The number of nitrogens with zero attached hydrogens (tertiary/aromatic N) is 5. The van der Waals surface area contributed by atoms with Gasteiger partial charge >= 0.3 is 0 Å². The molecule has 1 aromatic carbocycles. The van der Waals surface area contributed by atoms with E-state index in [2.05, 4.69) is 39.4 Å². The molecule has 2 saturated heterocycles. The molecule has 2 amide bonds. The molecule has 1 saturated carbocycles. The minimum absolute atomic E-state index is 0.0834. The van der Waals surface area contributed by atoms with Gasteiger partial charge in [-0.15, -0.1) is 0 Å². The molecule has 9 nitrogen and oxygen atoms in total. The Morgan fingerprint density at radius 3 is 2.49 bits per heavy atom. The van der Waals surface area contributed by atoms with Crippen molar-refractivity contribution in [3.8, 4) is 5.69 Å². The van der Waals surface area contributed by atoms with Gasteiger partial charge in [-0.2, -0.15) is 5.10 Å². The molecule has 3 fully saturated rings. The normalized spacial score (nSPS) is 23.8. The SMILES string of the molecule is CCCCN1C(=O)[C@@H]([C@H](O)C2CCCCC2)NC(=O)C12CCN(Cc1ccc(-n3cncn3)cc1)CC2. The number of unbranched alkanes of at least 4 members (excludes halogenated alkanes) is 1. The summed E-state index contributed by atoms with van der Waals surface area (Å²) in [6.45, 7) is 4.95. The molecule has 3 heterocycles. The first kappa shape index (κ1) is 25.9. The predicted octanol–water partition coefficient (Wildman–Crippen LogP) is 2.67. The molecule has 37 heavy (non-hydrogen) atoms. The van der Waals surface area contributed by atoms with E-state index in [4.69, 9.17) is 0 Å². The Bertz CT molecular complexity index is 1040. The molecule has 5 rings (SSSR count). The highest BCUT2D eigenvalue weighted by atomic mass is 16.3. The molecular formula is C28H40N6O3. The van der Waals surface area contributed by atoms with E-state index in [1.807, 2.05) is 17.0 Å². The minimum atomic E-state index is -0.820.